The molecule has 8 saturated carbocycles. The Morgan fingerprint density at radius 2 is 0.975 bits per heavy atom. The molecule has 0 radical (unpaired) electrons. The Bertz CT molecular complexity index is 4850. The van der Waals surface area contributed by atoms with Gasteiger partial charge in [-0.3, -0.25) is 28.8 Å². The molecule has 5 unspecified atom stereocenters. The summed E-state index contributed by atoms with van der Waals surface area (Å²) in [5.74, 6) is -1.20. The first-order valence-corrected chi connectivity index (χ1v) is 43.8. The van der Waals surface area contributed by atoms with E-state index >= 15 is 4.79 Å². The van der Waals surface area contributed by atoms with Gasteiger partial charge in [-0.2, -0.15) is 10.5 Å². The highest BCUT2D eigenvalue weighted by Crippen LogP contribution is 2.80. The third-order valence-electron chi connectivity index (χ3n) is 34.6. The molecular formula is C92H128N14O12. The van der Waals surface area contributed by atoms with E-state index in [-0.39, 0.29) is 164 Å². The van der Waals surface area contributed by atoms with Crippen molar-refractivity contribution in [2.45, 2.75) is 290 Å². The van der Waals surface area contributed by atoms with Crippen molar-refractivity contribution in [3.05, 3.63) is 69.4 Å². The monoisotopic (exact) mass is 1620 g/mol. The summed E-state index contributed by atoms with van der Waals surface area (Å²) in [5.41, 5.74) is -2.93. The molecule has 14 rings (SSSR count). The lowest BCUT2D eigenvalue weighted by Crippen LogP contribution is -2.66. The second-order valence-electron chi connectivity index (χ2n) is 42.1. The van der Waals surface area contributed by atoms with Gasteiger partial charge in [0.05, 0.1) is 40.5 Å². The number of nitrogens with one attached hydrogen (secondary N) is 2. The van der Waals surface area contributed by atoms with E-state index in [9.17, 15) is 54.9 Å². The van der Waals surface area contributed by atoms with E-state index in [2.05, 4.69) is 145 Å². The van der Waals surface area contributed by atoms with Crippen LogP contribution in [-0.4, -0.2) is 145 Å². The molecule has 0 bridgehead atoms. The van der Waals surface area contributed by atoms with Crippen LogP contribution in [0, 0.1) is 135 Å². The number of aromatic nitrogens is 10. The largest absolute Gasteiger partial charge is 0.481 e. The highest BCUT2D eigenvalue weighted by molar-refractivity contribution is 6.01. The standard InChI is InChI=1S/C92H128N14O12/c1-50(2)67-57(107)41-91(71(111)75-101-103-77(105(75)38-36-95-18)73-97-47-52(45-93)48-98-73)34-32-87(14)54(69(67)91)20-23-62-86(13)29-27-64(83(9,10)60(86)25-31-90(62,87)17)118-66(110)44-84(11,80(115)116)40-56-53(46-94)49-99-74(100-56)78-104-102-76(106(78)39-37-96-19)72(112)92-35-33-88(15)55(70(92)68(51(3)4)58(108)42-92)21-22-61-85(12)28-26-63(117-65(109)43-81(5,6)79(113)114)82(7,8)59(85)24-30-89(61,88)16/h47-51,54-55,59-64,71-72,95-96,111-112H,20-44H2,1-19H3,(H,113,114)(H,115,116)/t54-,55-,59?,60?,61?,62?,63+,64+,71-,72+,84?,85+,86+,87-,88-,89-,90-,91-,92-/m1/s1. The van der Waals surface area contributed by atoms with Crippen LogP contribution in [0.4, 0.5) is 0 Å². The number of ether oxygens (including phenoxy) is 2. The molecule has 638 valence electrons. The van der Waals surface area contributed by atoms with Crippen LogP contribution in [0.1, 0.15) is 287 Å². The van der Waals surface area contributed by atoms with E-state index < -0.39 is 75.7 Å². The summed E-state index contributed by atoms with van der Waals surface area (Å²) in [5, 5.41) is 93.4. The maximum atomic E-state index is 15.0. The molecule has 0 spiro atoms. The molecule has 26 nitrogen and oxygen atoms in total. The Balaban J connectivity index is 0.685. The lowest BCUT2D eigenvalue weighted by Gasteiger charge is -2.72. The number of rotatable bonds is 24. The van der Waals surface area contributed by atoms with Crippen LogP contribution < -0.4 is 10.6 Å². The topological polar surface area (TPSA) is 386 Å². The first-order valence-electron chi connectivity index (χ1n) is 43.8. The molecule has 8 fully saturated rings. The van der Waals surface area contributed by atoms with Crippen LogP contribution in [0.5, 0.6) is 0 Å². The van der Waals surface area contributed by atoms with Gasteiger partial charge in [-0.05, 0) is 240 Å². The summed E-state index contributed by atoms with van der Waals surface area (Å²) in [6.45, 7) is 38.2. The van der Waals surface area contributed by atoms with E-state index in [0.29, 0.717) is 68.4 Å². The zero-order chi connectivity index (χ0) is 85.8. The summed E-state index contributed by atoms with van der Waals surface area (Å²) in [7, 11) is 3.67. The van der Waals surface area contributed by atoms with Gasteiger partial charge in [-0.15, -0.1) is 20.4 Å². The fourth-order valence-corrected chi connectivity index (χ4v) is 28.1. The summed E-state index contributed by atoms with van der Waals surface area (Å²) >= 11 is 0. The molecule has 0 amide bonds. The number of carbonyl (C=O) groups is 6. The molecule has 10 aliphatic carbocycles. The predicted molar refractivity (Wildman–Crippen MR) is 438 cm³/mol. The molecular weight excluding hydrogens is 1490 g/mol. The molecule has 4 aromatic heterocycles. The summed E-state index contributed by atoms with van der Waals surface area (Å²) < 4.78 is 16.6. The number of aliphatic hydroxyl groups is 2. The summed E-state index contributed by atoms with van der Waals surface area (Å²) in [4.78, 5) is 103. The second kappa shape index (κ2) is 30.2. The molecule has 0 saturated heterocycles. The second-order valence-corrected chi connectivity index (χ2v) is 42.1. The number of carboxylic acid groups (broad SMARTS) is 2. The Labute approximate surface area is 695 Å². The van der Waals surface area contributed by atoms with Crippen LogP contribution in [0.25, 0.3) is 23.3 Å². The number of aliphatic hydroxyl groups excluding tert-OH is 2. The normalized spacial score (nSPS) is 34.9. The first-order chi connectivity index (χ1) is 55.3. The van der Waals surface area contributed by atoms with Gasteiger partial charge < -0.3 is 49.7 Å². The van der Waals surface area contributed by atoms with Crippen molar-refractivity contribution in [3.8, 4) is 35.4 Å². The van der Waals surface area contributed by atoms with Gasteiger partial charge in [0.2, 0.25) is 11.6 Å². The maximum absolute atomic E-state index is 15.0. The van der Waals surface area contributed by atoms with Crippen LogP contribution in [0.15, 0.2) is 40.9 Å². The minimum Gasteiger partial charge on any atom is -0.481 e. The van der Waals surface area contributed by atoms with Crippen molar-refractivity contribution >= 4 is 35.4 Å². The smallest absolute Gasteiger partial charge is 0.310 e. The number of fused-ring (bicyclic) bond motifs is 14. The molecule has 26 heteroatoms. The van der Waals surface area contributed by atoms with E-state index in [4.69, 9.17) is 24.7 Å². The number of hydrogen-bond donors (Lipinski definition) is 6. The molecule has 4 aromatic rings. The van der Waals surface area contributed by atoms with Crippen LogP contribution in [-0.2, 0) is 57.8 Å². The third-order valence-corrected chi connectivity index (χ3v) is 34.6. The number of nitriles is 2. The maximum Gasteiger partial charge on any atom is 0.310 e. The average Bonchev–Trinajstić information content (AvgIpc) is 1.09. The molecule has 118 heavy (non-hydrogen) atoms. The minimum atomic E-state index is -1.82. The van der Waals surface area contributed by atoms with Crippen molar-refractivity contribution in [1.29, 1.82) is 10.5 Å². The van der Waals surface area contributed by atoms with E-state index in [1.54, 1.807) is 18.4 Å². The number of carbonyl (C=O) groups excluding carboxylic acids is 4. The lowest BCUT2D eigenvalue weighted by atomic mass is 9.33. The number of Topliss-reactive ketones (excluding diaryl/α,β-unsaturated/α-hetero) is 2. The van der Waals surface area contributed by atoms with Gasteiger partial charge in [-0.25, -0.2) is 19.9 Å². The lowest BCUT2D eigenvalue weighted by molar-refractivity contribution is -0.235. The van der Waals surface area contributed by atoms with Crippen molar-refractivity contribution < 1.29 is 58.7 Å². The molecule has 0 aromatic carbocycles. The highest BCUT2D eigenvalue weighted by Gasteiger charge is 2.74. The predicted octanol–water partition coefficient (Wildman–Crippen LogP) is 14.0. The van der Waals surface area contributed by atoms with Crippen LogP contribution >= 0.6 is 0 Å². The van der Waals surface area contributed by atoms with Gasteiger partial charge in [0.25, 0.3) is 0 Å². The van der Waals surface area contributed by atoms with Crippen LogP contribution in [0.3, 0.4) is 0 Å². The number of hydrogen-bond acceptors (Lipinski definition) is 22. The first kappa shape index (κ1) is 86.3. The number of ketones is 2. The van der Waals surface area contributed by atoms with Gasteiger partial charge in [0, 0.05) is 85.7 Å². The van der Waals surface area contributed by atoms with E-state index in [1.807, 2.05) is 18.7 Å². The third kappa shape index (κ3) is 13.0. The average molecular weight is 1620 g/mol. The fraction of sp³-hybridized carbons (Fsp3) is 0.739. The zero-order valence-corrected chi connectivity index (χ0v) is 73.3. The van der Waals surface area contributed by atoms with Crippen molar-refractivity contribution in [1.82, 2.24) is 60.1 Å². The van der Waals surface area contributed by atoms with Gasteiger partial charge >= 0.3 is 23.9 Å². The molecule has 10 aliphatic rings. The number of carboxylic acids is 2. The summed E-state index contributed by atoms with van der Waals surface area (Å²) in [6.07, 6.45) is 12.6. The van der Waals surface area contributed by atoms with Gasteiger partial charge in [0.1, 0.15) is 36.6 Å². The SMILES string of the molecule is CNCCn1c(-c2ncc(C#N)cn2)nnc1[C@@H](O)[C@@]12CC[C@]3(C)[C@H](CCC4[C@@]5(C)CC[C@H](OC(=O)CC(C)(Cc6nc(-c7nnc([C@H](O)[C@@]89CC[C@]%10(C)[C@H](CCC%11[C@@]%12(C)CC[C@H](OC(=O)CC(C)(C)C(=O)O)C(C)(C)C%12CC[C@]%11%10C)C8=C(C(C)C)C(=O)C9)n7CCNC)ncc6C#N)C(=O)O)C(C)(C)C5CC[C@]43C)C1=C(C(C)C)C(=O)C2. The van der Waals surface area contributed by atoms with Crippen molar-refractivity contribution in [2.75, 3.05) is 27.2 Å². The zero-order valence-electron chi connectivity index (χ0n) is 73.3. The number of likely N-dealkylation sites (N-methyl/N-ethyl adjacent to an activating group) is 2. The minimum absolute atomic E-state index is 0.000949. The van der Waals surface area contributed by atoms with E-state index in [0.717, 1.165) is 99.3 Å². The van der Waals surface area contributed by atoms with Crippen LogP contribution in [0.2, 0.25) is 0 Å². The molecule has 0 aliphatic heterocycles. The number of allylic oxidation sites excluding steroid dienone is 2. The quantitative estimate of drug-likeness (QED) is 0.0355. The fourth-order valence-electron chi connectivity index (χ4n) is 28.1. The van der Waals surface area contributed by atoms with Gasteiger partial charge in [-0.1, -0.05) is 96.9 Å². The molecule has 6 N–H and O–H groups in total. The number of aliphatic carboxylic acids is 2. The van der Waals surface area contributed by atoms with Crippen molar-refractivity contribution in [3.63, 3.8) is 0 Å². The number of esters is 2. The Hall–Kier alpha value is -8.04. The number of nitrogens with zero attached hydrogens (tertiary/aromatic N) is 12. The van der Waals surface area contributed by atoms with Gasteiger partial charge in [0.15, 0.2) is 34.9 Å². The molecule has 4 heterocycles. The Morgan fingerprint density at radius 1 is 0.542 bits per heavy atom. The summed E-state index contributed by atoms with van der Waals surface area (Å²) in [6, 6.07) is 4.25. The van der Waals surface area contributed by atoms with E-state index in [1.165, 1.54) is 25.5 Å². The highest BCUT2D eigenvalue weighted by atomic mass is 16.5. The molecule has 19 atom stereocenters. The van der Waals surface area contributed by atoms with Crippen molar-refractivity contribution in [2.24, 2.45) is 112 Å². The Kier molecular flexibility index (Phi) is 22.1. The Morgan fingerprint density at radius 3 is 1.38 bits per heavy atom.